The molecule has 0 fully saturated rings. The molecule has 2 aromatic rings. The van der Waals surface area contributed by atoms with Crippen LogP contribution in [0.25, 0.3) is 0 Å². The van der Waals surface area contributed by atoms with Crippen LogP contribution in [0.2, 0.25) is 0 Å². The number of H-pyrrole nitrogens is 1. The van der Waals surface area contributed by atoms with E-state index in [0.717, 1.165) is 18.7 Å². The second-order valence-electron chi connectivity index (χ2n) is 4.21. The van der Waals surface area contributed by atoms with E-state index in [1.54, 1.807) is 36.7 Å². The molecule has 1 aromatic carbocycles. The lowest BCUT2D eigenvalue weighted by molar-refractivity contribution is 0.252. The molecular formula is C14H15N5O. The van der Waals surface area contributed by atoms with Crippen molar-refractivity contribution in [3.8, 4) is 6.07 Å². The predicted octanol–water partition coefficient (Wildman–Crippen LogP) is 2.04. The summed E-state index contributed by atoms with van der Waals surface area (Å²) in [7, 11) is 0. The standard InChI is InChI=1S/C14H15N5O/c15-10-11-3-1-4-12(9-11)19-14(20)18-6-2-5-13-16-7-8-17-13/h1,3-4,7-9H,2,5-6H2,(H,16,17)(H2,18,19,20). The number of aromatic amines is 1. The van der Waals surface area contributed by atoms with Crippen molar-refractivity contribution in [3.05, 3.63) is 48.0 Å². The fourth-order valence-corrected chi connectivity index (χ4v) is 1.73. The number of benzene rings is 1. The first-order valence-corrected chi connectivity index (χ1v) is 6.31. The van der Waals surface area contributed by atoms with Crippen molar-refractivity contribution in [2.24, 2.45) is 0 Å². The number of carbonyl (C=O) groups is 1. The van der Waals surface area contributed by atoms with Crippen molar-refractivity contribution in [2.45, 2.75) is 12.8 Å². The summed E-state index contributed by atoms with van der Waals surface area (Å²) in [4.78, 5) is 18.8. The molecule has 6 nitrogen and oxygen atoms in total. The van der Waals surface area contributed by atoms with Gasteiger partial charge in [-0.3, -0.25) is 0 Å². The topological polar surface area (TPSA) is 93.6 Å². The highest BCUT2D eigenvalue weighted by atomic mass is 16.2. The van der Waals surface area contributed by atoms with Crippen LogP contribution in [-0.2, 0) is 6.42 Å². The van der Waals surface area contributed by atoms with E-state index in [1.165, 1.54) is 0 Å². The molecule has 0 saturated carbocycles. The maximum atomic E-state index is 11.6. The molecule has 0 unspecified atom stereocenters. The first-order valence-electron chi connectivity index (χ1n) is 6.31. The average Bonchev–Trinajstić information content (AvgIpc) is 2.97. The number of imidazole rings is 1. The summed E-state index contributed by atoms with van der Waals surface area (Å²) in [5, 5.41) is 14.2. The normalized spacial score (nSPS) is 9.75. The van der Waals surface area contributed by atoms with Gasteiger partial charge in [-0.1, -0.05) is 6.07 Å². The monoisotopic (exact) mass is 269 g/mol. The largest absolute Gasteiger partial charge is 0.349 e. The molecule has 2 rings (SSSR count). The maximum absolute atomic E-state index is 11.6. The van der Waals surface area contributed by atoms with E-state index in [2.05, 4.69) is 20.6 Å². The number of aromatic nitrogens is 2. The van der Waals surface area contributed by atoms with Gasteiger partial charge in [-0.05, 0) is 24.6 Å². The van der Waals surface area contributed by atoms with Crippen molar-refractivity contribution in [3.63, 3.8) is 0 Å². The van der Waals surface area contributed by atoms with Crippen LogP contribution in [0.5, 0.6) is 0 Å². The molecule has 1 aromatic heterocycles. The number of urea groups is 1. The predicted molar refractivity (Wildman–Crippen MR) is 75.1 cm³/mol. The van der Waals surface area contributed by atoms with Crippen LogP contribution in [0.4, 0.5) is 10.5 Å². The Morgan fingerprint density at radius 2 is 2.35 bits per heavy atom. The van der Waals surface area contributed by atoms with E-state index in [-0.39, 0.29) is 6.03 Å². The number of hydrogen-bond donors (Lipinski definition) is 3. The Morgan fingerprint density at radius 1 is 1.45 bits per heavy atom. The van der Waals surface area contributed by atoms with Gasteiger partial charge in [0.05, 0.1) is 11.6 Å². The second-order valence-corrected chi connectivity index (χ2v) is 4.21. The fraction of sp³-hybridized carbons (Fsp3) is 0.214. The van der Waals surface area contributed by atoms with Gasteiger partial charge in [0.2, 0.25) is 0 Å². The van der Waals surface area contributed by atoms with E-state index < -0.39 is 0 Å². The number of hydrogen-bond acceptors (Lipinski definition) is 3. The molecule has 0 aliphatic rings. The quantitative estimate of drug-likeness (QED) is 0.725. The third-order valence-electron chi connectivity index (χ3n) is 2.68. The molecule has 6 heteroatoms. The van der Waals surface area contributed by atoms with Gasteiger partial charge in [0, 0.05) is 31.0 Å². The van der Waals surface area contributed by atoms with Crippen molar-refractivity contribution < 1.29 is 4.79 Å². The summed E-state index contributed by atoms with van der Waals surface area (Å²) in [6.45, 7) is 0.560. The summed E-state index contributed by atoms with van der Waals surface area (Å²) in [6.07, 6.45) is 5.08. The van der Waals surface area contributed by atoms with Crippen LogP contribution in [-0.4, -0.2) is 22.5 Å². The van der Waals surface area contributed by atoms with Crippen LogP contribution in [0.3, 0.4) is 0 Å². The van der Waals surface area contributed by atoms with E-state index in [1.807, 2.05) is 6.07 Å². The Labute approximate surface area is 116 Å². The lowest BCUT2D eigenvalue weighted by Crippen LogP contribution is -2.29. The van der Waals surface area contributed by atoms with Crippen LogP contribution in [0, 0.1) is 11.3 Å². The zero-order chi connectivity index (χ0) is 14.2. The Bertz CT molecular complexity index is 600. The molecule has 0 bridgehead atoms. The van der Waals surface area contributed by atoms with Gasteiger partial charge in [-0.2, -0.15) is 5.26 Å². The van der Waals surface area contributed by atoms with Gasteiger partial charge in [-0.25, -0.2) is 9.78 Å². The Morgan fingerprint density at radius 3 is 3.10 bits per heavy atom. The zero-order valence-corrected chi connectivity index (χ0v) is 10.9. The van der Waals surface area contributed by atoms with E-state index in [9.17, 15) is 4.79 Å². The number of nitrogens with one attached hydrogen (secondary N) is 3. The molecular weight excluding hydrogens is 254 g/mol. The third kappa shape index (κ3) is 4.14. The van der Waals surface area contributed by atoms with E-state index >= 15 is 0 Å². The van der Waals surface area contributed by atoms with Gasteiger partial charge in [0.1, 0.15) is 5.82 Å². The first-order chi connectivity index (χ1) is 9.78. The molecule has 1 heterocycles. The molecule has 0 aliphatic heterocycles. The average molecular weight is 269 g/mol. The van der Waals surface area contributed by atoms with Crippen molar-refractivity contribution in [1.82, 2.24) is 15.3 Å². The zero-order valence-electron chi connectivity index (χ0n) is 10.9. The smallest absolute Gasteiger partial charge is 0.319 e. The molecule has 2 amide bonds. The molecule has 0 atom stereocenters. The lowest BCUT2D eigenvalue weighted by Gasteiger charge is -2.07. The minimum Gasteiger partial charge on any atom is -0.349 e. The Kier molecular flexibility index (Phi) is 4.73. The van der Waals surface area contributed by atoms with Crippen LogP contribution in [0.1, 0.15) is 17.8 Å². The highest BCUT2D eigenvalue weighted by Crippen LogP contribution is 2.09. The molecule has 0 radical (unpaired) electrons. The summed E-state index contributed by atoms with van der Waals surface area (Å²) < 4.78 is 0. The fourth-order valence-electron chi connectivity index (χ4n) is 1.73. The maximum Gasteiger partial charge on any atom is 0.319 e. The number of carbonyl (C=O) groups excluding carboxylic acids is 1. The molecule has 102 valence electrons. The number of aryl methyl sites for hydroxylation is 1. The van der Waals surface area contributed by atoms with Crippen LogP contribution in [0.15, 0.2) is 36.7 Å². The number of nitrogens with zero attached hydrogens (tertiary/aromatic N) is 2. The van der Waals surface area contributed by atoms with Gasteiger partial charge in [0.25, 0.3) is 0 Å². The summed E-state index contributed by atoms with van der Waals surface area (Å²) in [5.41, 5.74) is 1.12. The van der Waals surface area contributed by atoms with Gasteiger partial charge in [-0.15, -0.1) is 0 Å². The van der Waals surface area contributed by atoms with Gasteiger partial charge in [0.15, 0.2) is 0 Å². The molecule has 0 aliphatic carbocycles. The molecule has 20 heavy (non-hydrogen) atoms. The number of rotatable bonds is 5. The van der Waals surface area contributed by atoms with Crippen LogP contribution < -0.4 is 10.6 Å². The first kappa shape index (κ1) is 13.6. The Balaban J connectivity index is 1.71. The highest BCUT2D eigenvalue weighted by molar-refractivity contribution is 5.89. The summed E-state index contributed by atoms with van der Waals surface area (Å²) in [5.74, 6) is 0.911. The second kappa shape index (κ2) is 6.95. The molecule has 0 spiro atoms. The number of anilines is 1. The van der Waals surface area contributed by atoms with Gasteiger partial charge < -0.3 is 15.6 Å². The minimum absolute atomic E-state index is 0.278. The number of amides is 2. The lowest BCUT2D eigenvalue weighted by atomic mass is 10.2. The van der Waals surface area contributed by atoms with E-state index in [4.69, 9.17) is 5.26 Å². The highest BCUT2D eigenvalue weighted by Gasteiger charge is 2.02. The molecule has 0 saturated heterocycles. The van der Waals surface area contributed by atoms with E-state index in [0.29, 0.717) is 17.8 Å². The number of nitriles is 1. The van der Waals surface area contributed by atoms with Crippen molar-refractivity contribution in [1.29, 1.82) is 5.26 Å². The minimum atomic E-state index is -0.278. The summed E-state index contributed by atoms with van der Waals surface area (Å²) >= 11 is 0. The van der Waals surface area contributed by atoms with Crippen LogP contribution >= 0.6 is 0 Å². The summed E-state index contributed by atoms with van der Waals surface area (Å²) in [6, 6.07) is 8.53. The van der Waals surface area contributed by atoms with Crippen molar-refractivity contribution in [2.75, 3.05) is 11.9 Å². The third-order valence-corrected chi connectivity index (χ3v) is 2.68. The molecule has 3 N–H and O–H groups in total. The van der Waals surface area contributed by atoms with Gasteiger partial charge >= 0.3 is 6.03 Å². The van der Waals surface area contributed by atoms with Crippen molar-refractivity contribution >= 4 is 11.7 Å². The SMILES string of the molecule is N#Cc1cccc(NC(=O)NCCCc2ncc[nH]2)c1. The Hall–Kier alpha value is -2.81.